The van der Waals surface area contributed by atoms with E-state index < -0.39 is 22.0 Å². The summed E-state index contributed by atoms with van der Waals surface area (Å²) >= 11 is 0. The number of aromatic carboxylic acids is 1. The summed E-state index contributed by atoms with van der Waals surface area (Å²) in [5, 5.41) is 12.2. The first-order valence-electron chi connectivity index (χ1n) is 7.64. The molecule has 7 heteroatoms. The minimum absolute atomic E-state index is 0.100. The molecule has 0 spiro atoms. The molecule has 0 aromatic heterocycles. The number of nitrogens with one attached hydrogen (secondary N) is 2. The number of benzene rings is 2. The van der Waals surface area contributed by atoms with Crippen LogP contribution in [0.1, 0.15) is 28.9 Å². The van der Waals surface area contributed by atoms with Gasteiger partial charge < -0.3 is 10.4 Å². The zero-order valence-electron chi connectivity index (χ0n) is 13.8. The van der Waals surface area contributed by atoms with Crippen molar-refractivity contribution in [1.82, 2.24) is 4.72 Å². The number of carbonyl (C=O) groups is 1. The maximum absolute atomic E-state index is 12.6. The summed E-state index contributed by atoms with van der Waals surface area (Å²) in [6.07, 6.45) is 1.58. The van der Waals surface area contributed by atoms with Crippen LogP contribution in [0.25, 0.3) is 0 Å². The summed E-state index contributed by atoms with van der Waals surface area (Å²) in [4.78, 5) is 11.3. The second kappa shape index (κ2) is 7.96. The van der Waals surface area contributed by atoms with E-state index >= 15 is 0 Å². The molecule has 2 rings (SSSR count). The molecule has 2 aromatic rings. The van der Waals surface area contributed by atoms with Crippen LogP contribution in [0.2, 0.25) is 0 Å². The van der Waals surface area contributed by atoms with Gasteiger partial charge in [-0.05, 0) is 30.7 Å². The summed E-state index contributed by atoms with van der Waals surface area (Å²) in [5.74, 6) is -1.21. The minimum Gasteiger partial charge on any atom is -0.478 e. The van der Waals surface area contributed by atoms with Crippen molar-refractivity contribution >= 4 is 21.7 Å². The molecule has 0 bridgehead atoms. The monoisotopic (exact) mass is 360 g/mol. The van der Waals surface area contributed by atoms with Crippen molar-refractivity contribution in [3.05, 3.63) is 72.3 Å². The molecule has 132 valence electrons. The molecule has 0 saturated carbocycles. The molecule has 6 nitrogen and oxygen atoms in total. The standard InChI is InChI=1S/C18H20N2O4S/c1-3-11-19-17-10-9-15(12-16(17)18(21)22)25(23,24)20-13(2)14-7-5-4-6-8-14/h3-10,12-13,19-20H,1,11H2,2H3,(H,21,22)/t13-/m1/s1. The molecule has 0 radical (unpaired) electrons. The normalized spacial score (nSPS) is 12.4. The van der Waals surface area contributed by atoms with Crippen molar-refractivity contribution in [2.24, 2.45) is 0 Å². The second-order valence-electron chi connectivity index (χ2n) is 5.44. The Morgan fingerprint density at radius 2 is 1.92 bits per heavy atom. The molecule has 1 atom stereocenters. The van der Waals surface area contributed by atoms with Crippen molar-refractivity contribution in [2.45, 2.75) is 17.9 Å². The van der Waals surface area contributed by atoms with Gasteiger partial charge in [-0.2, -0.15) is 0 Å². The molecule has 0 amide bonds. The van der Waals surface area contributed by atoms with Gasteiger partial charge in [-0.15, -0.1) is 6.58 Å². The first-order valence-corrected chi connectivity index (χ1v) is 9.13. The van der Waals surface area contributed by atoms with E-state index in [0.29, 0.717) is 12.2 Å². The van der Waals surface area contributed by atoms with Gasteiger partial charge in [0.05, 0.1) is 10.5 Å². The lowest BCUT2D eigenvalue weighted by Crippen LogP contribution is -2.27. The molecule has 0 saturated heterocycles. The number of carboxylic acid groups (broad SMARTS) is 1. The Hall–Kier alpha value is -2.64. The summed E-state index contributed by atoms with van der Waals surface area (Å²) < 4.78 is 27.7. The average molecular weight is 360 g/mol. The third-order valence-electron chi connectivity index (χ3n) is 3.60. The van der Waals surface area contributed by atoms with Crippen LogP contribution in [0.5, 0.6) is 0 Å². The first-order chi connectivity index (χ1) is 11.8. The van der Waals surface area contributed by atoms with Crippen molar-refractivity contribution < 1.29 is 18.3 Å². The van der Waals surface area contributed by atoms with E-state index in [4.69, 9.17) is 0 Å². The molecule has 0 aliphatic rings. The lowest BCUT2D eigenvalue weighted by Gasteiger charge is -2.16. The summed E-state index contributed by atoms with van der Waals surface area (Å²) in [6, 6.07) is 12.6. The Kier molecular flexibility index (Phi) is 5.95. The van der Waals surface area contributed by atoms with E-state index in [1.54, 1.807) is 13.0 Å². The summed E-state index contributed by atoms with van der Waals surface area (Å²) in [7, 11) is -3.86. The van der Waals surface area contributed by atoms with Crippen LogP contribution >= 0.6 is 0 Å². The molecular formula is C18H20N2O4S. The van der Waals surface area contributed by atoms with E-state index in [1.165, 1.54) is 12.1 Å². The average Bonchev–Trinajstić information content (AvgIpc) is 2.60. The SMILES string of the molecule is C=CCNc1ccc(S(=O)(=O)N[C@H](C)c2ccccc2)cc1C(=O)O. The fraction of sp³-hybridized carbons (Fsp3) is 0.167. The molecule has 0 heterocycles. The topological polar surface area (TPSA) is 95.5 Å². The Balaban J connectivity index is 2.31. The van der Waals surface area contributed by atoms with Gasteiger partial charge in [-0.1, -0.05) is 36.4 Å². The van der Waals surface area contributed by atoms with E-state index in [2.05, 4.69) is 16.6 Å². The van der Waals surface area contributed by atoms with Gasteiger partial charge in [0.15, 0.2) is 0 Å². The molecule has 0 aliphatic carbocycles. The third-order valence-corrected chi connectivity index (χ3v) is 5.14. The Morgan fingerprint density at radius 1 is 1.24 bits per heavy atom. The van der Waals surface area contributed by atoms with Crippen LogP contribution in [0.4, 0.5) is 5.69 Å². The van der Waals surface area contributed by atoms with E-state index in [0.717, 1.165) is 11.6 Å². The van der Waals surface area contributed by atoms with Crippen molar-refractivity contribution in [2.75, 3.05) is 11.9 Å². The highest BCUT2D eigenvalue weighted by Gasteiger charge is 2.21. The van der Waals surface area contributed by atoms with Gasteiger partial charge in [0.25, 0.3) is 0 Å². The molecule has 0 unspecified atom stereocenters. The van der Waals surface area contributed by atoms with Crippen LogP contribution in [-0.2, 0) is 10.0 Å². The maximum atomic E-state index is 12.6. The fourth-order valence-corrected chi connectivity index (χ4v) is 3.57. The van der Waals surface area contributed by atoms with Gasteiger partial charge in [-0.3, -0.25) is 0 Å². The smallest absolute Gasteiger partial charge is 0.337 e. The first kappa shape index (κ1) is 18.7. The number of rotatable bonds is 8. The fourth-order valence-electron chi connectivity index (χ4n) is 2.31. The van der Waals surface area contributed by atoms with Gasteiger partial charge in [0, 0.05) is 18.3 Å². The quantitative estimate of drug-likeness (QED) is 0.629. The Bertz CT molecular complexity index is 864. The molecule has 25 heavy (non-hydrogen) atoms. The van der Waals surface area contributed by atoms with Gasteiger partial charge in [0.2, 0.25) is 10.0 Å². The predicted octanol–water partition coefficient (Wildman–Crippen LogP) is 3.02. The molecule has 0 aliphatic heterocycles. The highest BCUT2D eigenvalue weighted by atomic mass is 32.2. The number of hydrogen-bond acceptors (Lipinski definition) is 4. The maximum Gasteiger partial charge on any atom is 0.337 e. The van der Waals surface area contributed by atoms with Crippen LogP contribution in [0.3, 0.4) is 0 Å². The van der Waals surface area contributed by atoms with Gasteiger partial charge >= 0.3 is 5.97 Å². The van der Waals surface area contributed by atoms with Crippen molar-refractivity contribution in [1.29, 1.82) is 0 Å². The molecular weight excluding hydrogens is 340 g/mol. The second-order valence-corrected chi connectivity index (χ2v) is 7.15. The largest absolute Gasteiger partial charge is 0.478 e. The highest BCUT2D eigenvalue weighted by Crippen LogP contribution is 2.22. The van der Waals surface area contributed by atoms with Gasteiger partial charge in [-0.25, -0.2) is 17.9 Å². The zero-order valence-corrected chi connectivity index (χ0v) is 14.6. The number of carboxylic acids is 1. The van der Waals surface area contributed by atoms with E-state index in [9.17, 15) is 18.3 Å². The van der Waals surface area contributed by atoms with E-state index in [-0.39, 0.29) is 10.5 Å². The summed E-state index contributed by atoms with van der Waals surface area (Å²) in [5.41, 5.74) is 1.04. The van der Waals surface area contributed by atoms with E-state index in [1.807, 2.05) is 30.3 Å². The predicted molar refractivity (Wildman–Crippen MR) is 97.3 cm³/mol. The van der Waals surface area contributed by atoms with Crippen LogP contribution in [-0.4, -0.2) is 26.0 Å². The van der Waals surface area contributed by atoms with Crippen LogP contribution < -0.4 is 10.0 Å². The highest BCUT2D eigenvalue weighted by molar-refractivity contribution is 7.89. The van der Waals surface area contributed by atoms with Crippen LogP contribution in [0, 0.1) is 0 Å². The van der Waals surface area contributed by atoms with Crippen molar-refractivity contribution in [3.8, 4) is 0 Å². The third kappa shape index (κ3) is 4.68. The number of sulfonamides is 1. The Labute approximate surface area is 147 Å². The number of anilines is 1. The molecule has 3 N–H and O–H groups in total. The summed E-state index contributed by atoms with van der Waals surface area (Å²) in [6.45, 7) is 5.65. The van der Waals surface area contributed by atoms with Crippen molar-refractivity contribution in [3.63, 3.8) is 0 Å². The molecule has 2 aromatic carbocycles. The van der Waals surface area contributed by atoms with Crippen LogP contribution in [0.15, 0.2) is 66.1 Å². The minimum atomic E-state index is -3.86. The van der Waals surface area contributed by atoms with Gasteiger partial charge in [0.1, 0.15) is 0 Å². The lowest BCUT2D eigenvalue weighted by molar-refractivity contribution is 0.0697. The Morgan fingerprint density at radius 3 is 2.52 bits per heavy atom. The zero-order chi connectivity index (χ0) is 18.4. The molecule has 0 fully saturated rings. The number of hydrogen-bond donors (Lipinski definition) is 3. The lowest BCUT2D eigenvalue weighted by atomic mass is 10.1.